The third-order valence-electron chi connectivity index (χ3n) is 3.35. The largest absolute Gasteiger partial charge is 0.481 e. The van der Waals surface area contributed by atoms with Gasteiger partial charge in [-0.1, -0.05) is 13.0 Å². The van der Waals surface area contributed by atoms with Crippen molar-refractivity contribution < 1.29 is 9.53 Å². The molecule has 0 aromatic carbocycles. The van der Waals surface area contributed by atoms with Gasteiger partial charge in [-0.2, -0.15) is 0 Å². The van der Waals surface area contributed by atoms with Crippen LogP contribution in [0, 0.1) is 11.8 Å². The molecular weight excluding hydrogens is 230 g/mol. The molecular formula is C13H19N3O2. The van der Waals surface area contributed by atoms with Gasteiger partial charge in [0.15, 0.2) is 0 Å². The van der Waals surface area contributed by atoms with Crippen molar-refractivity contribution in [3.63, 3.8) is 0 Å². The minimum atomic E-state index is 0.0627. The van der Waals surface area contributed by atoms with E-state index < -0.39 is 0 Å². The van der Waals surface area contributed by atoms with E-state index in [0.29, 0.717) is 18.3 Å². The van der Waals surface area contributed by atoms with E-state index in [2.05, 4.69) is 22.5 Å². The van der Waals surface area contributed by atoms with Crippen molar-refractivity contribution in [3.8, 4) is 5.88 Å². The quantitative estimate of drug-likeness (QED) is 0.818. The maximum atomic E-state index is 12.0. The summed E-state index contributed by atoms with van der Waals surface area (Å²) < 4.78 is 5.15. The lowest BCUT2D eigenvalue weighted by Crippen LogP contribution is -2.34. The van der Waals surface area contributed by atoms with Gasteiger partial charge in [-0.05, 0) is 18.5 Å². The second-order valence-corrected chi connectivity index (χ2v) is 4.63. The molecule has 18 heavy (non-hydrogen) atoms. The lowest BCUT2D eigenvalue weighted by molar-refractivity contribution is -0.125. The van der Waals surface area contributed by atoms with Crippen LogP contribution in [-0.4, -0.2) is 31.1 Å². The highest BCUT2D eigenvalue weighted by Gasteiger charge is 2.29. The highest BCUT2D eigenvalue weighted by Crippen LogP contribution is 2.17. The summed E-state index contributed by atoms with van der Waals surface area (Å²) >= 11 is 0. The Labute approximate surface area is 107 Å². The molecule has 1 amide bonds. The molecule has 0 aliphatic carbocycles. The van der Waals surface area contributed by atoms with Gasteiger partial charge in [0.05, 0.1) is 13.0 Å². The molecule has 0 bridgehead atoms. The van der Waals surface area contributed by atoms with E-state index >= 15 is 0 Å². The molecule has 5 nitrogen and oxygen atoms in total. The van der Waals surface area contributed by atoms with Gasteiger partial charge in [-0.15, -0.1) is 0 Å². The predicted molar refractivity (Wildman–Crippen MR) is 68.2 cm³/mol. The van der Waals surface area contributed by atoms with Crippen molar-refractivity contribution in [2.45, 2.75) is 13.5 Å². The summed E-state index contributed by atoms with van der Waals surface area (Å²) in [5, 5.41) is 6.17. The zero-order valence-corrected chi connectivity index (χ0v) is 10.8. The summed E-state index contributed by atoms with van der Waals surface area (Å²) in [5.74, 6) is 1.11. The summed E-state index contributed by atoms with van der Waals surface area (Å²) in [4.78, 5) is 16.1. The van der Waals surface area contributed by atoms with Crippen molar-refractivity contribution in [2.75, 3.05) is 20.2 Å². The first-order chi connectivity index (χ1) is 8.72. The minimum absolute atomic E-state index is 0.0627. The number of nitrogens with zero attached hydrogens (tertiary/aromatic N) is 1. The van der Waals surface area contributed by atoms with Crippen LogP contribution >= 0.6 is 0 Å². The fourth-order valence-electron chi connectivity index (χ4n) is 2.22. The zero-order valence-electron chi connectivity index (χ0n) is 10.8. The predicted octanol–water partition coefficient (Wildman–Crippen LogP) is 0.562. The first-order valence-corrected chi connectivity index (χ1v) is 6.18. The van der Waals surface area contributed by atoms with Crippen LogP contribution in [0.3, 0.4) is 0 Å². The number of hydrogen-bond acceptors (Lipinski definition) is 4. The third kappa shape index (κ3) is 2.79. The van der Waals surface area contributed by atoms with Gasteiger partial charge < -0.3 is 15.4 Å². The van der Waals surface area contributed by atoms with Crippen molar-refractivity contribution in [3.05, 3.63) is 23.9 Å². The smallest absolute Gasteiger partial charge is 0.224 e. The van der Waals surface area contributed by atoms with Crippen LogP contribution < -0.4 is 15.4 Å². The van der Waals surface area contributed by atoms with Gasteiger partial charge in [-0.3, -0.25) is 4.79 Å². The Bertz CT molecular complexity index is 422. The number of carbonyl (C=O) groups is 1. The molecule has 1 aromatic rings. The van der Waals surface area contributed by atoms with Crippen LogP contribution in [0.25, 0.3) is 0 Å². The Morgan fingerprint density at radius 2 is 2.44 bits per heavy atom. The molecule has 5 heteroatoms. The molecule has 1 aliphatic heterocycles. The van der Waals surface area contributed by atoms with Gasteiger partial charge in [0, 0.05) is 24.8 Å². The van der Waals surface area contributed by atoms with E-state index in [-0.39, 0.29) is 11.8 Å². The SMILES string of the molecule is COc1ncccc1CNC(=O)[C@@H]1CNC[C@H]1C. The van der Waals surface area contributed by atoms with E-state index in [9.17, 15) is 4.79 Å². The summed E-state index contributed by atoms with van der Waals surface area (Å²) in [5.41, 5.74) is 0.895. The number of aromatic nitrogens is 1. The molecule has 2 rings (SSSR count). The highest BCUT2D eigenvalue weighted by atomic mass is 16.5. The van der Waals surface area contributed by atoms with Crippen LogP contribution in [0.1, 0.15) is 12.5 Å². The maximum absolute atomic E-state index is 12.0. The van der Waals surface area contributed by atoms with Gasteiger partial charge >= 0.3 is 0 Å². The van der Waals surface area contributed by atoms with E-state index in [1.165, 1.54) is 0 Å². The lowest BCUT2D eigenvalue weighted by atomic mass is 9.97. The molecule has 0 saturated carbocycles. The number of rotatable bonds is 4. The molecule has 2 N–H and O–H groups in total. The van der Waals surface area contributed by atoms with Crippen LogP contribution in [0.15, 0.2) is 18.3 Å². The summed E-state index contributed by atoms with van der Waals surface area (Å²) in [6, 6.07) is 3.74. The maximum Gasteiger partial charge on any atom is 0.224 e. The van der Waals surface area contributed by atoms with Crippen molar-refractivity contribution in [1.82, 2.24) is 15.6 Å². The lowest BCUT2D eigenvalue weighted by Gasteiger charge is -2.14. The van der Waals surface area contributed by atoms with Gasteiger partial charge in [0.2, 0.25) is 11.8 Å². The number of carbonyl (C=O) groups excluding carboxylic acids is 1. The first-order valence-electron chi connectivity index (χ1n) is 6.18. The molecule has 1 aromatic heterocycles. The van der Waals surface area contributed by atoms with Gasteiger partial charge in [0.1, 0.15) is 0 Å². The van der Waals surface area contributed by atoms with E-state index in [1.807, 2.05) is 12.1 Å². The van der Waals surface area contributed by atoms with Crippen molar-refractivity contribution in [2.24, 2.45) is 11.8 Å². The minimum Gasteiger partial charge on any atom is -0.481 e. The fourth-order valence-corrected chi connectivity index (χ4v) is 2.22. The van der Waals surface area contributed by atoms with E-state index in [1.54, 1.807) is 13.3 Å². The Morgan fingerprint density at radius 3 is 3.11 bits per heavy atom. The van der Waals surface area contributed by atoms with E-state index in [0.717, 1.165) is 18.7 Å². The number of methoxy groups -OCH3 is 1. The topological polar surface area (TPSA) is 63.2 Å². The molecule has 2 atom stereocenters. The number of nitrogens with one attached hydrogen (secondary N) is 2. The van der Waals surface area contributed by atoms with Gasteiger partial charge in [-0.25, -0.2) is 4.98 Å². The van der Waals surface area contributed by atoms with Crippen LogP contribution in [0.5, 0.6) is 5.88 Å². The van der Waals surface area contributed by atoms with E-state index in [4.69, 9.17) is 4.74 Å². The number of pyridine rings is 1. The molecule has 0 spiro atoms. The fraction of sp³-hybridized carbons (Fsp3) is 0.538. The molecule has 1 saturated heterocycles. The number of amides is 1. The summed E-state index contributed by atoms with van der Waals surface area (Å²) in [6.45, 7) is 4.22. The summed E-state index contributed by atoms with van der Waals surface area (Å²) in [6.07, 6.45) is 1.67. The average molecular weight is 249 g/mol. The highest BCUT2D eigenvalue weighted by molar-refractivity contribution is 5.79. The molecule has 1 fully saturated rings. The molecule has 1 aliphatic rings. The second kappa shape index (κ2) is 5.82. The Morgan fingerprint density at radius 1 is 1.61 bits per heavy atom. The number of hydrogen-bond donors (Lipinski definition) is 2. The molecule has 2 heterocycles. The third-order valence-corrected chi connectivity index (χ3v) is 3.35. The average Bonchev–Trinajstić information content (AvgIpc) is 2.82. The standard InChI is InChI=1S/C13H19N3O2/c1-9-6-14-8-11(9)12(17)16-7-10-4-3-5-15-13(10)18-2/h3-5,9,11,14H,6-8H2,1-2H3,(H,16,17)/t9-,11-/m1/s1. The Balaban J connectivity index is 1.93. The summed E-state index contributed by atoms with van der Waals surface area (Å²) in [7, 11) is 1.58. The number of ether oxygens (including phenoxy) is 1. The first kappa shape index (κ1) is 12.8. The second-order valence-electron chi connectivity index (χ2n) is 4.63. The van der Waals surface area contributed by atoms with Crippen LogP contribution in [0.2, 0.25) is 0 Å². The van der Waals surface area contributed by atoms with Gasteiger partial charge in [0.25, 0.3) is 0 Å². The Kier molecular flexibility index (Phi) is 4.15. The van der Waals surface area contributed by atoms with Crippen LogP contribution in [0.4, 0.5) is 0 Å². The van der Waals surface area contributed by atoms with Crippen molar-refractivity contribution >= 4 is 5.91 Å². The zero-order chi connectivity index (χ0) is 13.0. The monoisotopic (exact) mass is 249 g/mol. The molecule has 0 radical (unpaired) electrons. The van der Waals surface area contributed by atoms with Crippen molar-refractivity contribution in [1.29, 1.82) is 0 Å². The Hall–Kier alpha value is -1.62. The molecule has 98 valence electrons. The van der Waals surface area contributed by atoms with Crippen LogP contribution in [-0.2, 0) is 11.3 Å². The normalized spacial score (nSPS) is 22.8. The molecule has 0 unspecified atom stereocenters.